The second-order valence-corrected chi connectivity index (χ2v) is 6.87. The number of hydrogen-bond donors (Lipinski definition) is 0. The summed E-state index contributed by atoms with van der Waals surface area (Å²) < 4.78 is 40.7. The van der Waals surface area contributed by atoms with Crippen molar-refractivity contribution in [1.82, 2.24) is 14.7 Å². The number of benzene rings is 1. The molecule has 2 unspecified atom stereocenters. The Morgan fingerprint density at radius 2 is 1.79 bits per heavy atom. The van der Waals surface area contributed by atoms with Crippen molar-refractivity contribution in [2.24, 2.45) is 0 Å². The van der Waals surface area contributed by atoms with Gasteiger partial charge < -0.3 is 0 Å². The molecule has 0 N–H and O–H groups in total. The maximum absolute atomic E-state index is 12.9. The molecule has 2 aromatic rings. The van der Waals surface area contributed by atoms with Gasteiger partial charge in [0.15, 0.2) is 0 Å². The molecule has 2 saturated heterocycles. The summed E-state index contributed by atoms with van der Waals surface area (Å²) in [6.45, 7) is 0.602. The van der Waals surface area contributed by atoms with Crippen LogP contribution in [0.15, 0.2) is 42.7 Å². The molecule has 2 aliphatic heterocycles. The second-order valence-electron chi connectivity index (χ2n) is 6.87. The Balaban J connectivity index is 1.49. The minimum atomic E-state index is -4.28. The normalized spacial score (nSPS) is 27.5. The fraction of sp³-hybridized carbons (Fsp3) is 0.500. The highest BCUT2D eigenvalue weighted by molar-refractivity contribution is 5.26. The van der Waals surface area contributed by atoms with E-state index in [9.17, 15) is 13.2 Å². The highest BCUT2D eigenvalue weighted by Crippen LogP contribution is 2.41. The van der Waals surface area contributed by atoms with Gasteiger partial charge in [0, 0.05) is 31.0 Å². The average Bonchev–Trinajstić information content (AvgIpc) is 3.14. The first kappa shape index (κ1) is 15.7. The number of fused-ring (bicyclic) bond motifs is 2. The molecule has 0 radical (unpaired) electrons. The zero-order valence-corrected chi connectivity index (χ0v) is 13.3. The van der Waals surface area contributed by atoms with Gasteiger partial charge in [0.25, 0.3) is 0 Å². The number of nitrogens with zero attached hydrogens (tertiary/aromatic N) is 3. The van der Waals surface area contributed by atoms with E-state index < -0.39 is 11.7 Å². The molecule has 2 fully saturated rings. The Morgan fingerprint density at radius 1 is 1.04 bits per heavy atom. The Bertz CT molecular complexity index is 682. The van der Waals surface area contributed by atoms with Crippen molar-refractivity contribution >= 4 is 0 Å². The molecule has 24 heavy (non-hydrogen) atoms. The lowest BCUT2D eigenvalue weighted by Gasteiger charge is -2.39. The van der Waals surface area contributed by atoms with Gasteiger partial charge in [0.1, 0.15) is 0 Å². The van der Waals surface area contributed by atoms with Gasteiger partial charge in [-0.2, -0.15) is 18.3 Å². The molecule has 1 aromatic carbocycles. The monoisotopic (exact) mass is 335 g/mol. The predicted molar refractivity (Wildman–Crippen MR) is 84.3 cm³/mol. The smallest absolute Gasteiger partial charge is 0.293 e. The molecule has 1 aromatic heterocycles. The van der Waals surface area contributed by atoms with Crippen LogP contribution in [0.3, 0.4) is 0 Å². The lowest BCUT2D eigenvalue weighted by atomic mass is 9.96. The molecule has 2 atom stereocenters. The maximum atomic E-state index is 12.9. The summed E-state index contributed by atoms with van der Waals surface area (Å²) in [5, 5.41) is 4.36. The van der Waals surface area contributed by atoms with Crippen LogP contribution in [-0.4, -0.2) is 26.8 Å². The predicted octanol–water partition coefficient (Wildman–Crippen LogP) is 4.27. The molecule has 2 aliphatic rings. The molecule has 0 amide bonds. The third kappa shape index (κ3) is 2.95. The van der Waals surface area contributed by atoms with E-state index in [0.717, 1.165) is 37.3 Å². The van der Waals surface area contributed by atoms with Crippen LogP contribution in [-0.2, 0) is 12.7 Å². The minimum absolute atomic E-state index is 0.412. The van der Waals surface area contributed by atoms with E-state index in [-0.39, 0.29) is 0 Å². The van der Waals surface area contributed by atoms with E-state index in [4.69, 9.17) is 0 Å². The largest absolute Gasteiger partial charge is 0.416 e. The maximum Gasteiger partial charge on any atom is 0.416 e. The lowest BCUT2D eigenvalue weighted by molar-refractivity contribution is -0.137. The Labute approximate surface area is 139 Å². The summed E-state index contributed by atoms with van der Waals surface area (Å²) in [6, 6.07) is 8.97. The van der Waals surface area contributed by atoms with Crippen molar-refractivity contribution in [1.29, 1.82) is 0 Å². The molecule has 6 heteroatoms. The Kier molecular flexibility index (Phi) is 3.87. The molecular formula is C18H20F3N3. The van der Waals surface area contributed by atoms with Gasteiger partial charge in [-0.05, 0) is 43.4 Å². The van der Waals surface area contributed by atoms with Crippen molar-refractivity contribution in [2.45, 2.75) is 56.5 Å². The van der Waals surface area contributed by atoms with Crippen LogP contribution >= 0.6 is 0 Å². The van der Waals surface area contributed by atoms with E-state index in [1.54, 1.807) is 12.3 Å². The molecule has 128 valence electrons. The van der Waals surface area contributed by atoms with Crippen LogP contribution < -0.4 is 0 Å². The van der Waals surface area contributed by atoms with Crippen LogP contribution in [0.2, 0.25) is 0 Å². The van der Waals surface area contributed by atoms with E-state index in [1.165, 1.54) is 12.1 Å². The van der Waals surface area contributed by atoms with Gasteiger partial charge in [-0.25, -0.2) is 0 Å². The molecule has 0 saturated carbocycles. The number of piperidine rings is 1. The molecule has 0 spiro atoms. The number of rotatable bonds is 3. The second kappa shape index (κ2) is 5.92. The highest BCUT2D eigenvalue weighted by atomic mass is 19.4. The van der Waals surface area contributed by atoms with Crippen LogP contribution in [0.25, 0.3) is 0 Å². The standard InChI is InChI=1S/C18H20F3N3/c19-18(20,21)14-4-1-3-13(9-14)12-23-15-5-6-16(23)11-17(10-15)24-8-2-7-22-24/h1-4,7-9,15-17H,5-6,10-12H2. The van der Waals surface area contributed by atoms with Gasteiger partial charge in [-0.15, -0.1) is 0 Å². The molecular weight excluding hydrogens is 315 g/mol. The van der Waals surface area contributed by atoms with Crippen molar-refractivity contribution < 1.29 is 13.2 Å². The third-order valence-corrected chi connectivity index (χ3v) is 5.38. The summed E-state index contributed by atoms with van der Waals surface area (Å²) in [7, 11) is 0. The summed E-state index contributed by atoms with van der Waals surface area (Å²) >= 11 is 0. The van der Waals surface area contributed by atoms with E-state index >= 15 is 0 Å². The van der Waals surface area contributed by atoms with Gasteiger partial charge in [-0.1, -0.05) is 18.2 Å². The fourth-order valence-electron chi connectivity index (χ4n) is 4.27. The summed E-state index contributed by atoms with van der Waals surface area (Å²) in [6.07, 6.45) is 3.84. The first-order chi connectivity index (χ1) is 11.5. The number of halogens is 3. The first-order valence-electron chi connectivity index (χ1n) is 8.42. The Hall–Kier alpha value is -1.82. The summed E-state index contributed by atoms with van der Waals surface area (Å²) in [5.74, 6) is 0. The summed E-state index contributed by atoms with van der Waals surface area (Å²) in [5.41, 5.74) is 0.193. The topological polar surface area (TPSA) is 21.1 Å². The van der Waals surface area contributed by atoms with Gasteiger partial charge in [0.05, 0.1) is 11.6 Å². The molecule has 2 bridgehead atoms. The van der Waals surface area contributed by atoms with Crippen LogP contribution in [0.1, 0.15) is 42.9 Å². The highest BCUT2D eigenvalue weighted by Gasteiger charge is 2.41. The van der Waals surface area contributed by atoms with Crippen molar-refractivity contribution in [3.8, 4) is 0 Å². The van der Waals surface area contributed by atoms with Crippen LogP contribution in [0.5, 0.6) is 0 Å². The van der Waals surface area contributed by atoms with E-state index in [2.05, 4.69) is 10.00 Å². The van der Waals surface area contributed by atoms with Gasteiger partial charge >= 0.3 is 6.18 Å². The fourth-order valence-corrected chi connectivity index (χ4v) is 4.27. The van der Waals surface area contributed by atoms with Crippen molar-refractivity contribution in [2.75, 3.05) is 0 Å². The quantitative estimate of drug-likeness (QED) is 0.835. The van der Waals surface area contributed by atoms with E-state index in [1.807, 2.05) is 16.9 Å². The minimum Gasteiger partial charge on any atom is -0.293 e. The van der Waals surface area contributed by atoms with Gasteiger partial charge in [-0.3, -0.25) is 9.58 Å². The van der Waals surface area contributed by atoms with Gasteiger partial charge in [0.2, 0.25) is 0 Å². The zero-order valence-electron chi connectivity index (χ0n) is 13.3. The SMILES string of the molecule is FC(F)(F)c1cccc(CN2C3CCC2CC(n2cccn2)C3)c1. The third-order valence-electron chi connectivity index (χ3n) is 5.38. The average molecular weight is 335 g/mol. The first-order valence-corrected chi connectivity index (χ1v) is 8.42. The van der Waals surface area contributed by atoms with E-state index in [0.29, 0.717) is 24.7 Å². The lowest BCUT2D eigenvalue weighted by Crippen LogP contribution is -2.42. The zero-order chi connectivity index (χ0) is 16.7. The Morgan fingerprint density at radius 3 is 2.42 bits per heavy atom. The number of aromatic nitrogens is 2. The molecule has 0 aliphatic carbocycles. The molecule has 3 nitrogen and oxygen atoms in total. The number of alkyl halides is 3. The summed E-state index contributed by atoms with van der Waals surface area (Å²) in [4.78, 5) is 2.40. The van der Waals surface area contributed by atoms with Crippen molar-refractivity contribution in [3.63, 3.8) is 0 Å². The molecule has 3 heterocycles. The van der Waals surface area contributed by atoms with Crippen molar-refractivity contribution in [3.05, 3.63) is 53.9 Å². The van der Waals surface area contributed by atoms with Crippen LogP contribution in [0.4, 0.5) is 13.2 Å². The van der Waals surface area contributed by atoms with Crippen LogP contribution in [0, 0.1) is 0 Å². The molecule has 4 rings (SSSR count). The number of hydrogen-bond acceptors (Lipinski definition) is 2.